The maximum atomic E-state index is 12.5. The summed E-state index contributed by atoms with van der Waals surface area (Å²) in [5.74, 6) is -1.07. The normalized spacial score (nSPS) is 24.8. The fourth-order valence-corrected chi connectivity index (χ4v) is 3.01. The van der Waals surface area contributed by atoms with Gasteiger partial charge in [-0.3, -0.25) is 14.5 Å². The zero-order valence-corrected chi connectivity index (χ0v) is 11.6. The largest absolute Gasteiger partial charge is 0.416 e. The summed E-state index contributed by atoms with van der Waals surface area (Å²) < 4.78 is 37.6. The van der Waals surface area contributed by atoms with Gasteiger partial charge in [0.25, 0.3) is 0 Å². The fourth-order valence-electron chi connectivity index (χ4n) is 3.01. The molecular formula is C16H14F3NO2. The maximum Gasteiger partial charge on any atom is 0.416 e. The number of rotatable bonds is 2. The summed E-state index contributed by atoms with van der Waals surface area (Å²) in [5.41, 5.74) is -0.227. The van der Waals surface area contributed by atoms with Crippen LogP contribution in [0, 0.1) is 11.8 Å². The van der Waals surface area contributed by atoms with Crippen LogP contribution in [0.5, 0.6) is 0 Å². The summed E-state index contributed by atoms with van der Waals surface area (Å²) >= 11 is 0. The first-order chi connectivity index (χ1) is 10.4. The van der Waals surface area contributed by atoms with Crippen LogP contribution in [0.2, 0.25) is 0 Å². The molecule has 0 bridgehead atoms. The van der Waals surface area contributed by atoms with E-state index in [1.54, 1.807) is 0 Å². The minimum absolute atomic E-state index is 0.0306. The molecule has 0 radical (unpaired) electrons. The summed E-state index contributed by atoms with van der Waals surface area (Å²) in [6.45, 7) is 0.0306. The molecule has 1 aliphatic carbocycles. The zero-order chi connectivity index (χ0) is 15.9. The Bertz CT molecular complexity index is 608. The first kappa shape index (κ1) is 14.8. The molecule has 0 saturated carbocycles. The Morgan fingerprint density at radius 3 is 1.91 bits per heavy atom. The van der Waals surface area contributed by atoms with Crippen LogP contribution in [-0.4, -0.2) is 16.7 Å². The monoisotopic (exact) mass is 309 g/mol. The van der Waals surface area contributed by atoms with Crippen molar-refractivity contribution in [1.29, 1.82) is 0 Å². The van der Waals surface area contributed by atoms with Crippen molar-refractivity contribution >= 4 is 11.8 Å². The Kier molecular flexibility index (Phi) is 3.54. The molecule has 1 aliphatic heterocycles. The quantitative estimate of drug-likeness (QED) is 0.621. The molecule has 1 aromatic rings. The SMILES string of the molecule is O=C1[C@H]2CC=CC[C@H]2C(=O)N1Cc1ccc(C(F)(F)F)cc1. The van der Waals surface area contributed by atoms with E-state index in [1.165, 1.54) is 17.0 Å². The van der Waals surface area contributed by atoms with Gasteiger partial charge in [-0.25, -0.2) is 0 Å². The first-order valence-electron chi connectivity index (χ1n) is 7.04. The van der Waals surface area contributed by atoms with Crippen LogP contribution >= 0.6 is 0 Å². The van der Waals surface area contributed by atoms with Gasteiger partial charge in [-0.15, -0.1) is 0 Å². The summed E-state index contributed by atoms with van der Waals surface area (Å²) in [5, 5.41) is 0. The lowest BCUT2D eigenvalue weighted by atomic mass is 9.85. The highest BCUT2D eigenvalue weighted by molar-refractivity contribution is 6.05. The number of halogens is 3. The lowest BCUT2D eigenvalue weighted by molar-refractivity contribution is -0.141. The van der Waals surface area contributed by atoms with Gasteiger partial charge in [0.05, 0.1) is 23.9 Å². The smallest absolute Gasteiger partial charge is 0.278 e. The molecule has 6 heteroatoms. The molecule has 2 amide bonds. The molecule has 1 aromatic carbocycles. The van der Waals surface area contributed by atoms with E-state index >= 15 is 0 Å². The third-order valence-corrected chi connectivity index (χ3v) is 4.22. The molecule has 3 nitrogen and oxygen atoms in total. The number of carbonyl (C=O) groups excluding carboxylic acids is 2. The molecule has 0 N–H and O–H groups in total. The van der Waals surface area contributed by atoms with Crippen molar-refractivity contribution in [3.05, 3.63) is 47.5 Å². The number of hydrogen-bond donors (Lipinski definition) is 0. The number of hydrogen-bond acceptors (Lipinski definition) is 2. The number of likely N-dealkylation sites (tertiary alicyclic amines) is 1. The molecule has 1 saturated heterocycles. The Hall–Kier alpha value is -2.11. The number of nitrogens with zero attached hydrogens (tertiary/aromatic N) is 1. The van der Waals surface area contributed by atoms with Gasteiger partial charge in [0.2, 0.25) is 11.8 Å². The summed E-state index contributed by atoms with van der Waals surface area (Å²) in [7, 11) is 0. The predicted octanol–water partition coefficient (Wildman–Crippen LogP) is 3.16. The second kappa shape index (κ2) is 5.26. The number of amides is 2. The van der Waals surface area contributed by atoms with E-state index in [1.807, 2.05) is 12.2 Å². The molecule has 116 valence electrons. The predicted molar refractivity (Wildman–Crippen MR) is 72.4 cm³/mol. The van der Waals surface area contributed by atoms with Crippen molar-refractivity contribution < 1.29 is 22.8 Å². The van der Waals surface area contributed by atoms with E-state index in [0.717, 1.165) is 12.1 Å². The lowest BCUT2D eigenvalue weighted by Crippen LogP contribution is -2.30. The van der Waals surface area contributed by atoms with Crippen LogP contribution < -0.4 is 0 Å². The summed E-state index contributed by atoms with van der Waals surface area (Å²) in [4.78, 5) is 25.7. The zero-order valence-electron chi connectivity index (χ0n) is 11.6. The molecule has 0 aromatic heterocycles. The second-order valence-corrected chi connectivity index (χ2v) is 5.61. The minimum atomic E-state index is -4.39. The Labute approximate surface area is 125 Å². The number of imide groups is 1. The van der Waals surface area contributed by atoms with Gasteiger partial charge >= 0.3 is 6.18 Å². The van der Waals surface area contributed by atoms with E-state index in [-0.39, 0.29) is 30.2 Å². The van der Waals surface area contributed by atoms with Crippen molar-refractivity contribution in [2.75, 3.05) is 0 Å². The van der Waals surface area contributed by atoms with Crippen LogP contribution in [0.25, 0.3) is 0 Å². The third-order valence-electron chi connectivity index (χ3n) is 4.22. The van der Waals surface area contributed by atoms with Crippen LogP contribution in [0.3, 0.4) is 0 Å². The molecular weight excluding hydrogens is 295 g/mol. The minimum Gasteiger partial charge on any atom is -0.278 e. The summed E-state index contributed by atoms with van der Waals surface area (Å²) in [6, 6.07) is 4.55. The second-order valence-electron chi connectivity index (χ2n) is 5.61. The third kappa shape index (κ3) is 2.53. The molecule has 1 heterocycles. The molecule has 0 unspecified atom stereocenters. The van der Waals surface area contributed by atoms with Crippen molar-refractivity contribution in [2.45, 2.75) is 25.6 Å². The summed E-state index contributed by atoms with van der Waals surface area (Å²) in [6.07, 6.45) is 0.512. The Balaban J connectivity index is 1.76. The van der Waals surface area contributed by atoms with Crippen molar-refractivity contribution in [3.63, 3.8) is 0 Å². The van der Waals surface area contributed by atoms with Crippen LogP contribution in [0.4, 0.5) is 13.2 Å². The van der Waals surface area contributed by atoms with Gasteiger partial charge in [0.1, 0.15) is 0 Å². The number of benzene rings is 1. The molecule has 0 spiro atoms. The average Bonchev–Trinajstić information content (AvgIpc) is 2.73. The van der Waals surface area contributed by atoms with E-state index in [4.69, 9.17) is 0 Å². The van der Waals surface area contributed by atoms with E-state index < -0.39 is 11.7 Å². The van der Waals surface area contributed by atoms with Crippen LogP contribution in [0.15, 0.2) is 36.4 Å². The van der Waals surface area contributed by atoms with Crippen molar-refractivity contribution in [1.82, 2.24) is 4.90 Å². The standard InChI is InChI=1S/C16H14F3NO2/c17-16(18,19)11-7-5-10(6-8-11)9-20-14(21)12-3-1-2-4-13(12)15(20)22/h1-2,5-8,12-13H,3-4,9H2/t12-,13+. The number of allylic oxidation sites excluding steroid dienone is 2. The Morgan fingerprint density at radius 2 is 1.45 bits per heavy atom. The molecule has 1 fully saturated rings. The Morgan fingerprint density at radius 1 is 0.955 bits per heavy atom. The number of alkyl halides is 3. The first-order valence-corrected chi connectivity index (χ1v) is 7.04. The molecule has 3 rings (SSSR count). The van der Waals surface area contributed by atoms with Gasteiger partial charge in [-0.2, -0.15) is 13.2 Å². The highest BCUT2D eigenvalue weighted by Crippen LogP contribution is 2.36. The van der Waals surface area contributed by atoms with Crippen LogP contribution in [0.1, 0.15) is 24.0 Å². The molecule has 2 aliphatic rings. The van der Waals surface area contributed by atoms with Crippen molar-refractivity contribution in [3.8, 4) is 0 Å². The van der Waals surface area contributed by atoms with E-state index in [2.05, 4.69) is 0 Å². The maximum absolute atomic E-state index is 12.5. The van der Waals surface area contributed by atoms with E-state index in [9.17, 15) is 22.8 Å². The van der Waals surface area contributed by atoms with Gasteiger partial charge in [-0.1, -0.05) is 24.3 Å². The van der Waals surface area contributed by atoms with Crippen molar-refractivity contribution in [2.24, 2.45) is 11.8 Å². The van der Waals surface area contributed by atoms with Gasteiger partial charge in [0.15, 0.2) is 0 Å². The fraction of sp³-hybridized carbons (Fsp3) is 0.375. The van der Waals surface area contributed by atoms with Gasteiger partial charge < -0.3 is 0 Å². The topological polar surface area (TPSA) is 37.4 Å². The average molecular weight is 309 g/mol. The lowest BCUT2D eigenvalue weighted by Gasteiger charge is -2.15. The molecule has 2 atom stereocenters. The highest BCUT2D eigenvalue weighted by Gasteiger charge is 2.46. The van der Waals surface area contributed by atoms with Gasteiger partial charge in [0, 0.05) is 0 Å². The number of fused-ring (bicyclic) bond motifs is 1. The van der Waals surface area contributed by atoms with E-state index in [0.29, 0.717) is 18.4 Å². The van der Waals surface area contributed by atoms with Gasteiger partial charge in [-0.05, 0) is 30.5 Å². The number of carbonyl (C=O) groups is 2. The van der Waals surface area contributed by atoms with Crippen LogP contribution in [-0.2, 0) is 22.3 Å². The molecule has 22 heavy (non-hydrogen) atoms. The highest BCUT2D eigenvalue weighted by atomic mass is 19.4.